The molecule has 0 unspecified atom stereocenters. The van der Waals surface area contributed by atoms with Gasteiger partial charge in [-0.25, -0.2) is 8.42 Å². The highest BCUT2D eigenvalue weighted by molar-refractivity contribution is 9.10. The number of benzene rings is 1. The van der Waals surface area contributed by atoms with Crippen molar-refractivity contribution in [2.24, 2.45) is 0 Å². The van der Waals surface area contributed by atoms with Crippen LogP contribution in [0.15, 0.2) is 21.5 Å². The van der Waals surface area contributed by atoms with Crippen molar-refractivity contribution in [2.75, 3.05) is 0 Å². The lowest BCUT2D eigenvalue weighted by atomic mass is 9.98. The molecule has 0 radical (unpaired) electrons. The Bertz CT molecular complexity index is 660. The van der Waals surface area contributed by atoms with Gasteiger partial charge in [-0.2, -0.15) is 0 Å². The van der Waals surface area contributed by atoms with E-state index in [0.717, 1.165) is 12.8 Å². The first-order chi connectivity index (χ1) is 9.48. The molecule has 0 aliphatic carbocycles. The number of hydrogen-bond donors (Lipinski definition) is 1. The summed E-state index contributed by atoms with van der Waals surface area (Å²) in [6, 6.07) is 2.52. The van der Waals surface area contributed by atoms with Crippen molar-refractivity contribution < 1.29 is 13.2 Å². The smallest absolute Gasteiger partial charge is 0.262 e. The Morgan fingerprint density at radius 1 is 1.38 bits per heavy atom. The predicted molar refractivity (Wildman–Crippen MR) is 88.6 cm³/mol. The zero-order valence-electron chi connectivity index (χ0n) is 11.8. The Kier molecular flexibility index (Phi) is 6.12. The third-order valence-electron chi connectivity index (χ3n) is 2.86. The van der Waals surface area contributed by atoms with Crippen LogP contribution in [0, 0.1) is 0 Å². The molecule has 0 saturated heterocycles. The van der Waals surface area contributed by atoms with E-state index >= 15 is 0 Å². The quantitative estimate of drug-likeness (QED) is 0.726. The molecule has 21 heavy (non-hydrogen) atoms. The standard InChI is InChI=1S/C13H16BrCl2NO3S/c1-4-5-13(2,3)17-12(18)8-6-11(21(16,19)20)9(14)7-10(8)15/h6-7H,4-5H2,1-3H3,(H,17,18). The summed E-state index contributed by atoms with van der Waals surface area (Å²) in [5.74, 6) is -0.437. The van der Waals surface area contributed by atoms with E-state index in [0.29, 0.717) is 0 Å². The van der Waals surface area contributed by atoms with Gasteiger partial charge in [-0.3, -0.25) is 4.79 Å². The Morgan fingerprint density at radius 3 is 2.43 bits per heavy atom. The van der Waals surface area contributed by atoms with Crippen molar-refractivity contribution in [3.8, 4) is 0 Å². The van der Waals surface area contributed by atoms with Crippen LogP contribution in [-0.2, 0) is 9.05 Å². The molecule has 0 aliphatic heterocycles. The van der Waals surface area contributed by atoms with Crippen molar-refractivity contribution >= 4 is 53.2 Å². The minimum atomic E-state index is -3.97. The summed E-state index contributed by atoms with van der Waals surface area (Å²) < 4.78 is 23.2. The molecule has 1 amide bonds. The molecule has 0 spiro atoms. The van der Waals surface area contributed by atoms with E-state index in [1.807, 2.05) is 20.8 Å². The molecular weight excluding hydrogens is 401 g/mol. The summed E-state index contributed by atoms with van der Waals surface area (Å²) in [4.78, 5) is 12.1. The molecule has 0 fully saturated rings. The van der Waals surface area contributed by atoms with Crippen LogP contribution < -0.4 is 5.32 Å². The van der Waals surface area contributed by atoms with Crippen LogP contribution >= 0.6 is 38.2 Å². The van der Waals surface area contributed by atoms with Gasteiger partial charge in [-0.1, -0.05) is 24.9 Å². The van der Waals surface area contributed by atoms with E-state index in [9.17, 15) is 13.2 Å². The Morgan fingerprint density at radius 2 is 1.95 bits per heavy atom. The van der Waals surface area contributed by atoms with Crippen molar-refractivity contribution in [3.05, 3.63) is 27.2 Å². The number of amides is 1. The first kappa shape index (κ1) is 18.7. The molecule has 0 aliphatic rings. The molecule has 1 rings (SSSR count). The van der Waals surface area contributed by atoms with Crippen LogP contribution in [0.25, 0.3) is 0 Å². The second kappa shape index (κ2) is 6.86. The molecular formula is C13H16BrCl2NO3S. The van der Waals surface area contributed by atoms with Gasteiger partial charge in [0.05, 0.1) is 15.5 Å². The van der Waals surface area contributed by atoms with Crippen LogP contribution in [0.4, 0.5) is 0 Å². The van der Waals surface area contributed by atoms with Crippen molar-refractivity contribution in [2.45, 2.75) is 44.0 Å². The van der Waals surface area contributed by atoms with E-state index in [1.54, 1.807) is 0 Å². The third kappa shape index (κ3) is 5.13. The molecule has 118 valence electrons. The zero-order valence-corrected chi connectivity index (χ0v) is 15.8. The molecule has 1 N–H and O–H groups in total. The second-order valence-corrected chi connectivity index (χ2v) is 9.08. The SMILES string of the molecule is CCCC(C)(C)NC(=O)c1cc(S(=O)(=O)Cl)c(Br)cc1Cl. The van der Waals surface area contributed by atoms with Gasteiger partial charge < -0.3 is 5.32 Å². The highest BCUT2D eigenvalue weighted by Gasteiger charge is 2.24. The fourth-order valence-corrected chi connectivity index (χ4v) is 4.53. The normalized spacial score (nSPS) is 12.3. The molecule has 0 atom stereocenters. The summed E-state index contributed by atoms with van der Waals surface area (Å²) in [7, 11) is 1.37. The van der Waals surface area contributed by atoms with Crippen molar-refractivity contribution in [1.82, 2.24) is 5.32 Å². The van der Waals surface area contributed by atoms with Gasteiger partial charge in [-0.05, 0) is 48.3 Å². The van der Waals surface area contributed by atoms with Crippen LogP contribution in [-0.4, -0.2) is 19.9 Å². The van der Waals surface area contributed by atoms with Crippen LogP contribution in [0.2, 0.25) is 5.02 Å². The maximum Gasteiger partial charge on any atom is 0.262 e. The first-order valence-electron chi connectivity index (χ1n) is 6.24. The minimum Gasteiger partial charge on any atom is -0.347 e. The molecule has 0 bridgehead atoms. The summed E-state index contributed by atoms with van der Waals surface area (Å²) in [5.41, 5.74) is -0.342. The lowest BCUT2D eigenvalue weighted by Crippen LogP contribution is -2.43. The highest BCUT2D eigenvalue weighted by Crippen LogP contribution is 2.31. The molecule has 0 heterocycles. The van der Waals surface area contributed by atoms with E-state index in [2.05, 4.69) is 21.2 Å². The maximum atomic E-state index is 12.3. The van der Waals surface area contributed by atoms with E-state index < -0.39 is 20.5 Å². The van der Waals surface area contributed by atoms with Crippen LogP contribution in [0.5, 0.6) is 0 Å². The molecule has 1 aromatic carbocycles. The highest BCUT2D eigenvalue weighted by atomic mass is 79.9. The summed E-state index contributed by atoms with van der Waals surface area (Å²) >= 11 is 9.10. The van der Waals surface area contributed by atoms with Crippen molar-refractivity contribution in [3.63, 3.8) is 0 Å². The van der Waals surface area contributed by atoms with Gasteiger partial charge in [0.15, 0.2) is 0 Å². The lowest BCUT2D eigenvalue weighted by molar-refractivity contribution is 0.0909. The van der Waals surface area contributed by atoms with Crippen molar-refractivity contribution in [1.29, 1.82) is 0 Å². The fourth-order valence-electron chi connectivity index (χ4n) is 1.95. The second-order valence-electron chi connectivity index (χ2n) is 5.29. The predicted octanol–water partition coefficient (Wildman–Crippen LogP) is 4.34. The number of carbonyl (C=O) groups is 1. The number of halogens is 3. The van der Waals surface area contributed by atoms with Gasteiger partial charge in [0, 0.05) is 20.7 Å². The van der Waals surface area contributed by atoms with E-state index in [4.69, 9.17) is 22.3 Å². The molecule has 8 heteroatoms. The van der Waals surface area contributed by atoms with Crippen LogP contribution in [0.3, 0.4) is 0 Å². The molecule has 0 aromatic heterocycles. The number of carbonyl (C=O) groups excluding carboxylic acids is 1. The average Bonchev–Trinajstić information content (AvgIpc) is 2.25. The number of rotatable bonds is 5. The first-order valence-corrected chi connectivity index (χ1v) is 9.72. The monoisotopic (exact) mass is 415 g/mol. The summed E-state index contributed by atoms with van der Waals surface area (Å²) in [6.07, 6.45) is 1.69. The molecule has 1 aromatic rings. The lowest BCUT2D eigenvalue weighted by Gasteiger charge is -2.26. The Labute approximate surface area is 142 Å². The summed E-state index contributed by atoms with van der Waals surface area (Å²) in [6.45, 7) is 5.79. The molecule has 0 saturated carbocycles. The van der Waals surface area contributed by atoms with E-state index in [-0.39, 0.29) is 20.0 Å². The van der Waals surface area contributed by atoms with Crippen LogP contribution in [0.1, 0.15) is 44.0 Å². The Hall–Kier alpha value is -0.300. The fraction of sp³-hybridized carbons (Fsp3) is 0.462. The van der Waals surface area contributed by atoms with Gasteiger partial charge in [0.1, 0.15) is 0 Å². The van der Waals surface area contributed by atoms with E-state index in [1.165, 1.54) is 12.1 Å². The largest absolute Gasteiger partial charge is 0.347 e. The minimum absolute atomic E-state index is 0.0725. The topological polar surface area (TPSA) is 63.2 Å². The van der Waals surface area contributed by atoms with Gasteiger partial charge >= 0.3 is 0 Å². The summed E-state index contributed by atoms with van der Waals surface area (Å²) in [5, 5.41) is 2.98. The van der Waals surface area contributed by atoms with Gasteiger partial charge in [-0.15, -0.1) is 0 Å². The molecule has 4 nitrogen and oxygen atoms in total. The Balaban J connectivity index is 3.22. The average molecular weight is 417 g/mol. The van der Waals surface area contributed by atoms with Gasteiger partial charge in [0.2, 0.25) is 0 Å². The third-order valence-corrected chi connectivity index (χ3v) is 5.45. The number of hydrogen-bond acceptors (Lipinski definition) is 3. The maximum absolute atomic E-state index is 12.3. The zero-order chi connectivity index (χ0) is 16.4. The number of nitrogens with one attached hydrogen (secondary N) is 1. The van der Waals surface area contributed by atoms with Gasteiger partial charge in [0.25, 0.3) is 15.0 Å².